The summed E-state index contributed by atoms with van der Waals surface area (Å²) >= 11 is 0. The van der Waals surface area contributed by atoms with E-state index in [1.165, 1.54) is 35.0 Å². The second kappa shape index (κ2) is 8.83. The van der Waals surface area contributed by atoms with Crippen LogP contribution in [0.3, 0.4) is 0 Å². The zero-order valence-electron chi connectivity index (χ0n) is 18.4. The lowest BCUT2D eigenvalue weighted by Gasteiger charge is -2.36. The molecule has 1 aromatic carbocycles. The van der Waals surface area contributed by atoms with Gasteiger partial charge in [-0.1, -0.05) is 6.07 Å². The Labute approximate surface area is 184 Å². The van der Waals surface area contributed by atoms with E-state index < -0.39 is 0 Å². The van der Waals surface area contributed by atoms with Crippen molar-refractivity contribution in [2.24, 2.45) is 0 Å². The highest BCUT2D eigenvalue weighted by atomic mass is 16.2. The van der Waals surface area contributed by atoms with Crippen LogP contribution in [0.1, 0.15) is 53.0 Å². The predicted octanol–water partition coefficient (Wildman–Crippen LogP) is 4.22. The number of amides is 1. The first kappa shape index (κ1) is 20.3. The number of aryl methyl sites for hydroxylation is 2. The molecule has 5 rings (SSSR count). The van der Waals surface area contributed by atoms with Crippen LogP contribution in [0.25, 0.3) is 10.9 Å². The molecule has 5 heteroatoms. The number of rotatable bonds is 5. The zero-order chi connectivity index (χ0) is 21.2. The number of nitrogens with zero attached hydrogens (tertiary/aromatic N) is 3. The van der Waals surface area contributed by atoms with Gasteiger partial charge in [0.2, 0.25) is 0 Å². The Bertz CT molecular complexity index is 1050. The van der Waals surface area contributed by atoms with Crippen molar-refractivity contribution in [3.05, 3.63) is 65.1 Å². The molecule has 0 radical (unpaired) electrons. The number of hydrogen-bond acceptors (Lipinski definition) is 3. The first-order valence-corrected chi connectivity index (χ1v) is 11.7. The number of piperidine rings is 1. The monoisotopic (exact) mass is 416 g/mol. The topological polar surface area (TPSA) is 52.2 Å². The molecule has 0 bridgehead atoms. The Morgan fingerprint density at radius 1 is 1.16 bits per heavy atom. The van der Waals surface area contributed by atoms with Crippen molar-refractivity contribution in [3.63, 3.8) is 0 Å². The van der Waals surface area contributed by atoms with Crippen molar-refractivity contribution >= 4 is 16.8 Å². The van der Waals surface area contributed by atoms with Gasteiger partial charge in [0, 0.05) is 73.2 Å². The summed E-state index contributed by atoms with van der Waals surface area (Å²) < 4.78 is 0. The number of fused-ring (bicyclic) bond motifs is 3. The second-order valence-electron chi connectivity index (χ2n) is 9.11. The molecule has 3 heterocycles. The fourth-order valence-electron chi connectivity index (χ4n) is 5.26. The summed E-state index contributed by atoms with van der Waals surface area (Å²) in [7, 11) is 1.98. The number of aromatic amines is 1. The van der Waals surface area contributed by atoms with Gasteiger partial charge < -0.3 is 14.8 Å². The first-order valence-electron chi connectivity index (χ1n) is 11.7. The molecule has 2 aliphatic rings. The molecular formula is C26H32N4O. The van der Waals surface area contributed by atoms with Crippen LogP contribution in [0.2, 0.25) is 0 Å². The van der Waals surface area contributed by atoms with E-state index >= 15 is 0 Å². The third-order valence-corrected chi connectivity index (χ3v) is 7.18. The maximum atomic E-state index is 13.3. The number of hydrogen-bond donors (Lipinski definition) is 1. The van der Waals surface area contributed by atoms with E-state index in [1.54, 1.807) is 0 Å². The molecule has 0 saturated carbocycles. The quantitative estimate of drug-likeness (QED) is 0.678. The van der Waals surface area contributed by atoms with E-state index in [1.807, 2.05) is 30.3 Å². The summed E-state index contributed by atoms with van der Waals surface area (Å²) in [5.74, 6) is 0.152. The van der Waals surface area contributed by atoms with Crippen LogP contribution in [-0.4, -0.2) is 58.4 Å². The Kier molecular flexibility index (Phi) is 5.77. The summed E-state index contributed by atoms with van der Waals surface area (Å²) in [6, 6.07) is 12.6. The van der Waals surface area contributed by atoms with Gasteiger partial charge in [-0.2, -0.15) is 0 Å². The Hall–Kier alpha value is -2.66. The van der Waals surface area contributed by atoms with Crippen LogP contribution in [0.5, 0.6) is 0 Å². The minimum atomic E-state index is 0.152. The molecule has 2 aromatic heterocycles. The van der Waals surface area contributed by atoms with E-state index in [-0.39, 0.29) is 5.91 Å². The van der Waals surface area contributed by atoms with Crippen molar-refractivity contribution in [3.8, 4) is 0 Å². The first-order chi connectivity index (χ1) is 15.2. The molecule has 31 heavy (non-hydrogen) atoms. The fraction of sp³-hybridized carbons (Fsp3) is 0.462. The van der Waals surface area contributed by atoms with Crippen LogP contribution in [0.15, 0.2) is 42.6 Å². The fourth-order valence-corrected chi connectivity index (χ4v) is 5.26. The number of likely N-dealkylation sites (tertiary alicyclic amines) is 1. The van der Waals surface area contributed by atoms with Gasteiger partial charge in [-0.15, -0.1) is 0 Å². The van der Waals surface area contributed by atoms with Gasteiger partial charge >= 0.3 is 0 Å². The lowest BCUT2D eigenvalue weighted by Crippen LogP contribution is -2.46. The average molecular weight is 417 g/mol. The van der Waals surface area contributed by atoms with Crippen LogP contribution < -0.4 is 0 Å². The van der Waals surface area contributed by atoms with E-state index in [4.69, 9.17) is 0 Å². The van der Waals surface area contributed by atoms with Crippen molar-refractivity contribution in [2.75, 3.05) is 26.7 Å². The highest BCUT2D eigenvalue weighted by Gasteiger charge is 2.26. The van der Waals surface area contributed by atoms with Crippen molar-refractivity contribution < 1.29 is 4.79 Å². The number of pyridine rings is 1. The van der Waals surface area contributed by atoms with E-state index in [2.05, 4.69) is 39.1 Å². The van der Waals surface area contributed by atoms with E-state index in [0.717, 1.165) is 63.0 Å². The molecule has 1 amide bonds. The Morgan fingerprint density at radius 2 is 2.00 bits per heavy atom. The van der Waals surface area contributed by atoms with Gasteiger partial charge in [-0.25, -0.2) is 0 Å². The molecule has 1 aliphatic carbocycles. The number of carbonyl (C=O) groups excluding carboxylic acids is 1. The summed E-state index contributed by atoms with van der Waals surface area (Å²) in [4.78, 5) is 25.7. The van der Waals surface area contributed by atoms with Crippen LogP contribution >= 0.6 is 0 Å². The third kappa shape index (κ3) is 4.24. The van der Waals surface area contributed by atoms with Gasteiger partial charge in [-0.05, 0) is 74.4 Å². The summed E-state index contributed by atoms with van der Waals surface area (Å²) in [6.07, 6.45) is 9.68. The second-order valence-corrected chi connectivity index (χ2v) is 9.11. The predicted molar refractivity (Wildman–Crippen MR) is 124 cm³/mol. The molecule has 5 nitrogen and oxygen atoms in total. The Balaban J connectivity index is 1.20. The Morgan fingerprint density at radius 3 is 2.81 bits per heavy atom. The minimum Gasteiger partial charge on any atom is -0.358 e. The number of aromatic nitrogens is 2. The molecule has 1 fully saturated rings. The van der Waals surface area contributed by atoms with Crippen LogP contribution in [0, 0.1) is 0 Å². The molecule has 0 atom stereocenters. The number of H-pyrrole nitrogens is 1. The molecule has 0 spiro atoms. The molecule has 1 saturated heterocycles. The molecule has 1 N–H and O–H groups in total. The molecule has 3 aromatic rings. The van der Waals surface area contributed by atoms with Crippen molar-refractivity contribution in [1.29, 1.82) is 0 Å². The largest absolute Gasteiger partial charge is 0.358 e. The van der Waals surface area contributed by atoms with Gasteiger partial charge in [0.25, 0.3) is 5.91 Å². The summed E-state index contributed by atoms with van der Waals surface area (Å²) in [5.41, 5.74) is 5.95. The van der Waals surface area contributed by atoms with E-state index in [9.17, 15) is 4.79 Å². The maximum absolute atomic E-state index is 13.3. The van der Waals surface area contributed by atoms with Crippen LogP contribution in [-0.2, 0) is 19.3 Å². The van der Waals surface area contributed by atoms with Crippen molar-refractivity contribution in [2.45, 2.75) is 51.0 Å². The highest BCUT2D eigenvalue weighted by Crippen LogP contribution is 2.30. The molecule has 162 valence electrons. The SMILES string of the molecule is CN(C(=O)c1ccc2[nH]c3c(c2c1)CCCC3)C1CCN(CCc2ccccn2)CC1. The van der Waals surface area contributed by atoms with Gasteiger partial charge in [0.05, 0.1) is 0 Å². The average Bonchev–Trinajstić information content (AvgIpc) is 3.21. The lowest BCUT2D eigenvalue weighted by molar-refractivity contribution is 0.0643. The number of carbonyl (C=O) groups is 1. The molecule has 1 aliphatic heterocycles. The summed E-state index contributed by atoms with van der Waals surface area (Å²) in [5, 5.41) is 1.25. The van der Waals surface area contributed by atoms with Gasteiger partial charge in [0.1, 0.15) is 0 Å². The van der Waals surface area contributed by atoms with Gasteiger partial charge in [-0.3, -0.25) is 9.78 Å². The maximum Gasteiger partial charge on any atom is 0.253 e. The third-order valence-electron chi connectivity index (χ3n) is 7.18. The van der Waals surface area contributed by atoms with Crippen molar-refractivity contribution in [1.82, 2.24) is 19.8 Å². The van der Waals surface area contributed by atoms with Crippen LogP contribution in [0.4, 0.5) is 0 Å². The summed E-state index contributed by atoms with van der Waals surface area (Å²) in [6.45, 7) is 3.12. The highest BCUT2D eigenvalue weighted by molar-refractivity contribution is 5.99. The smallest absolute Gasteiger partial charge is 0.253 e. The number of nitrogens with one attached hydrogen (secondary N) is 1. The lowest BCUT2D eigenvalue weighted by atomic mass is 9.95. The van der Waals surface area contributed by atoms with Gasteiger partial charge in [0.15, 0.2) is 0 Å². The molecular weight excluding hydrogens is 384 g/mol. The normalized spacial score (nSPS) is 17.6. The standard InChI is InChI=1S/C26H32N4O/c1-29(21-12-16-30(17-13-21)15-11-20-6-4-5-14-27-20)26(31)19-9-10-25-23(18-19)22-7-2-3-8-24(22)28-25/h4-6,9-10,14,18,21,28H,2-3,7-8,11-13,15-17H2,1H3. The van der Waals surface area contributed by atoms with E-state index in [0.29, 0.717) is 6.04 Å². The number of benzene rings is 1. The minimum absolute atomic E-state index is 0.152. The molecule has 0 unspecified atom stereocenters. The zero-order valence-corrected chi connectivity index (χ0v) is 18.4.